The predicted octanol–water partition coefficient (Wildman–Crippen LogP) is 0.702. The molecule has 1 unspecified atom stereocenters. The number of rotatable bonds is 5. The summed E-state index contributed by atoms with van der Waals surface area (Å²) in [6, 6.07) is -0.178. The maximum atomic E-state index is 6.07. The highest BCUT2D eigenvalue weighted by molar-refractivity contribution is 4.93. The molecule has 1 aliphatic heterocycles. The zero-order valence-corrected chi connectivity index (χ0v) is 10.3. The highest BCUT2D eigenvalue weighted by Gasteiger charge is 2.19. The van der Waals surface area contributed by atoms with Gasteiger partial charge in [-0.2, -0.15) is 4.98 Å². The van der Waals surface area contributed by atoms with E-state index in [1.165, 1.54) is 19.3 Å². The normalized spacial score (nSPS) is 19.4. The first kappa shape index (κ1) is 12.5. The highest BCUT2D eigenvalue weighted by Crippen LogP contribution is 2.13. The minimum Gasteiger partial charge on any atom is -0.375 e. The Morgan fingerprint density at radius 2 is 2.18 bits per heavy atom. The Labute approximate surface area is 101 Å². The first-order valence-corrected chi connectivity index (χ1v) is 6.09. The van der Waals surface area contributed by atoms with E-state index in [1.807, 2.05) is 0 Å². The summed E-state index contributed by atoms with van der Waals surface area (Å²) in [5, 5.41) is 3.88. The van der Waals surface area contributed by atoms with Crippen molar-refractivity contribution in [3.05, 3.63) is 11.7 Å². The summed E-state index contributed by atoms with van der Waals surface area (Å²) in [5.41, 5.74) is 6.07. The van der Waals surface area contributed by atoms with Gasteiger partial charge < -0.3 is 19.9 Å². The third-order valence-electron chi connectivity index (χ3n) is 2.99. The number of likely N-dealkylation sites (tertiary alicyclic amines) is 1. The molecule has 0 aliphatic carbocycles. The Hall–Kier alpha value is -0.980. The summed E-state index contributed by atoms with van der Waals surface area (Å²) in [7, 11) is 1.59. The fourth-order valence-corrected chi connectivity index (χ4v) is 2.10. The highest BCUT2D eigenvalue weighted by atomic mass is 16.5. The minimum absolute atomic E-state index is 0.178. The summed E-state index contributed by atoms with van der Waals surface area (Å²) in [5.74, 6) is 1.05. The topological polar surface area (TPSA) is 77.4 Å². The standard InChI is InChI=1S/C11H20N4O2/c1-16-8-10-13-11(14-17-10)9(12)7-15-5-3-2-4-6-15/h9H,2-8,12H2,1H3. The van der Waals surface area contributed by atoms with Gasteiger partial charge in [-0.25, -0.2) is 0 Å². The van der Waals surface area contributed by atoms with Gasteiger partial charge in [0.25, 0.3) is 5.89 Å². The van der Waals surface area contributed by atoms with E-state index in [1.54, 1.807) is 7.11 Å². The fourth-order valence-electron chi connectivity index (χ4n) is 2.10. The van der Waals surface area contributed by atoms with E-state index < -0.39 is 0 Å². The molecule has 0 amide bonds. The molecule has 1 fully saturated rings. The van der Waals surface area contributed by atoms with E-state index in [-0.39, 0.29) is 6.04 Å². The van der Waals surface area contributed by atoms with E-state index in [0.717, 1.165) is 19.6 Å². The molecule has 1 aromatic rings. The number of nitrogens with zero attached hydrogens (tertiary/aromatic N) is 3. The molecule has 1 aliphatic rings. The molecule has 0 bridgehead atoms. The number of hydrogen-bond donors (Lipinski definition) is 1. The Balaban J connectivity index is 1.86. The molecule has 17 heavy (non-hydrogen) atoms. The molecular formula is C11H20N4O2. The van der Waals surface area contributed by atoms with Crippen LogP contribution in [0.25, 0.3) is 0 Å². The van der Waals surface area contributed by atoms with Crippen LogP contribution in [-0.4, -0.2) is 41.8 Å². The van der Waals surface area contributed by atoms with Gasteiger partial charge in [-0.1, -0.05) is 11.6 Å². The van der Waals surface area contributed by atoms with Crippen LogP contribution >= 0.6 is 0 Å². The molecule has 6 heteroatoms. The van der Waals surface area contributed by atoms with Crippen molar-refractivity contribution in [3.63, 3.8) is 0 Å². The van der Waals surface area contributed by atoms with Crippen LogP contribution in [0.5, 0.6) is 0 Å². The zero-order valence-electron chi connectivity index (χ0n) is 10.3. The average Bonchev–Trinajstić information content (AvgIpc) is 2.79. The van der Waals surface area contributed by atoms with E-state index >= 15 is 0 Å². The third kappa shape index (κ3) is 3.49. The number of ether oxygens (including phenoxy) is 1. The minimum atomic E-state index is -0.178. The largest absolute Gasteiger partial charge is 0.375 e. The van der Waals surface area contributed by atoms with Gasteiger partial charge in [0, 0.05) is 13.7 Å². The summed E-state index contributed by atoms with van der Waals surface area (Å²) in [4.78, 5) is 6.57. The van der Waals surface area contributed by atoms with Crippen molar-refractivity contribution < 1.29 is 9.26 Å². The van der Waals surface area contributed by atoms with Crippen LogP contribution in [0, 0.1) is 0 Å². The van der Waals surface area contributed by atoms with E-state index in [9.17, 15) is 0 Å². The molecule has 0 aromatic carbocycles. The van der Waals surface area contributed by atoms with Gasteiger partial charge in [0.2, 0.25) is 0 Å². The molecule has 0 spiro atoms. The number of nitrogens with two attached hydrogens (primary N) is 1. The molecule has 2 N–H and O–H groups in total. The van der Waals surface area contributed by atoms with Gasteiger partial charge in [0.05, 0.1) is 6.04 Å². The van der Waals surface area contributed by atoms with Gasteiger partial charge in [-0.3, -0.25) is 0 Å². The molecular weight excluding hydrogens is 220 g/mol. The average molecular weight is 240 g/mol. The van der Waals surface area contributed by atoms with Crippen LogP contribution in [0.1, 0.15) is 37.0 Å². The second-order valence-electron chi connectivity index (χ2n) is 4.45. The zero-order chi connectivity index (χ0) is 12.1. The molecule has 0 saturated carbocycles. The van der Waals surface area contributed by atoms with Crippen molar-refractivity contribution in [3.8, 4) is 0 Å². The van der Waals surface area contributed by atoms with Crippen molar-refractivity contribution in [2.45, 2.75) is 31.9 Å². The lowest BCUT2D eigenvalue weighted by molar-refractivity contribution is 0.151. The lowest BCUT2D eigenvalue weighted by Gasteiger charge is -2.27. The van der Waals surface area contributed by atoms with Crippen molar-refractivity contribution in [2.24, 2.45) is 5.73 Å². The molecule has 2 heterocycles. The van der Waals surface area contributed by atoms with Gasteiger partial charge in [0.15, 0.2) is 5.82 Å². The van der Waals surface area contributed by atoms with E-state index in [2.05, 4.69) is 15.0 Å². The Morgan fingerprint density at radius 3 is 2.88 bits per heavy atom. The molecule has 1 atom stereocenters. The molecule has 1 saturated heterocycles. The monoisotopic (exact) mass is 240 g/mol. The number of methoxy groups -OCH3 is 1. The number of piperidine rings is 1. The van der Waals surface area contributed by atoms with Crippen molar-refractivity contribution in [1.29, 1.82) is 0 Å². The maximum Gasteiger partial charge on any atom is 0.252 e. The lowest BCUT2D eigenvalue weighted by atomic mass is 10.1. The van der Waals surface area contributed by atoms with Crippen LogP contribution in [0.4, 0.5) is 0 Å². The second-order valence-corrected chi connectivity index (χ2v) is 4.45. The van der Waals surface area contributed by atoms with E-state index in [4.69, 9.17) is 15.0 Å². The van der Waals surface area contributed by atoms with Crippen molar-refractivity contribution >= 4 is 0 Å². The SMILES string of the molecule is COCc1nc(C(N)CN2CCCCC2)no1. The Morgan fingerprint density at radius 1 is 1.41 bits per heavy atom. The maximum absolute atomic E-state index is 6.07. The first-order chi connectivity index (χ1) is 8.29. The smallest absolute Gasteiger partial charge is 0.252 e. The quantitative estimate of drug-likeness (QED) is 0.816. The van der Waals surface area contributed by atoms with Gasteiger partial charge in [-0.15, -0.1) is 0 Å². The summed E-state index contributed by atoms with van der Waals surface area (Å²) in [6.07, 6.45) is 3.84. The summed E-state index contributed by atoms with van der Waals surface area (Å²) < 4.78 is 9.95. The molecule has 1 aromatic heterocycles. The van der Waals surface area contributed by atoms with Crippen LogP contribution in [0.2, 0.25) is 0 Å². The van der Waals surface area contributed by atoms with Gasteiger partial charge in [-0.05, 0) is 25.9 Å². The van der Waals surface area contributed by atoms with Gasteiger partial charge in [0.1, 0.15) is 6.61 Å². The predicted molar refractivity (Wildman–Crippen MR) is 62.2 cm³/mol. The summed E-state index contributed by atoms with van der Waals surface area (Å²) in [6.45, 7) is 3.38. The number of hydrogen-bond acceptors (Lipinski definition) is 6. The van der Waals surface area contributed by atoms with Crippen molar-refractivity contribution in [2.75, 3.05) is 26.7 Å². The van der Waals surface area contributed by atoms with Crippen LogP contribution in [0.3, 0.4) is 0 Å². The summed E-state index contributed by atoms with van der Waals surface area (Å²) >= 11 is 0. The van der Waals surface area contributed by atoms with E-state index in [0.29, 0.717) is 18.3 Å². The lowest BCUT2D eigenvalue weighted by Crippen LogP contribution is -2.36. The van der Waals surface area contributed by atoms with Crippen LogP contribution in [-0.2, 0) is 11.3 Å². The third-order valence-corrected chi connectivity index (χ3v) is 2.99. The molecule has 2 rings (SSSR count). The van der Waals surface area contributed by atoms with Gasteiger partial charge >= 0.3 is 0 Å². The first-order valence-electron chi connectivity index (χ1n) is 6.09. The number of aromatic nitrogens is 2. The van der Waals surface area contributed by atoms with Crippen molar-refractivity contribution in [1.82, 2.24) is 15.0 Å². The van der Waals surface area contributed by atoms with Crippen LogP contribution < -0.4 is 5.73 Å². The fraction of sp³-hybridized carbons (Fsp3) is 0.818. The Bertz CT molecular complexity index is 336. The molecule has 6 nitrogen and oxygen atoms in total. The van der Waals surface area contributed by atoms with Crippen LogP contribution in [0.15, 0.2) is 4.52 Å². The molecule has 96 valence electrons. The molecule has 0 radical (unpaired) electrons. The second kappa shape index (κ2) is 6.09. The Kier molecular flexibility index (Phi) is 4.47.